The van der Waals surface area contributed by atoms with E-state index in [0.717, 1.165) is 50.2 Å². The van der Waals surface area contributed by atoms with Crippen molar-refractivity contribution in [2.75, 3.05) is 25.0 Å². The lowest BCUT2D eigenvalue weighted by molar-refractivity contribution is -0.137. The minimum absolute atomic E-state index is 0.274. The molecule has 1 heterocycles. The van der Waals surface area contributed by atoms with Crippen LogP contribution >= 0.6 is 0 Å². The first-order valence-electron chi connectivity index (χ1n) is 10.0. The predicted octanol–water partition coefficient (Wildman–Crippen LogP) is 3.75. The van der Waals surface area contributed by atoms with Crippen LogP contribution in [0.15, 0.2) is 24.3 Å². The zero-order chi connectivity index (χ0) is 20.6. The number of nitrogens with two attached hydrogens (primary N) is 1. The molecule has 4 nitrogen and oxygen atoms in total. The summed E-state index contributed by atoms with van der Waals surface area (Å²) in [6.07, 6.45) is -1.46. The summed E-state index contributed by atoms with van der Waals surface area (Å²) < 4.78 is 38.4. The summed E-state index contributed by atoms with van der Waals surface area (Å²) in [7, 11) is 1.99. The third kappa shape index (κ3) is 4.29. The Bertz CT molecular complexity index is 689. The fourth-order valence-corrected chi connectivity index (χ4v) is 4.98. The molecular formula is C21H30F3N3O. The van der Waals surface area contributed by atoms with Gasteiger partial charge in [-0.1, -0.05) is 13.8 Å². The Labute approximate surface area is 164 Å². The van der Waals surface area contributed by atoms with E-state index in [0.29, 0.717) is 17.8 Å². The molecule has 1 aromatic carbocycles. The van der Waals surface area contributed by atoms with Crippen molar-refractivity contribution < 1.29 is 18.0 Å². The fourth-order valence-electron chi connectivity index (χ4n) is 4.98. The van der Waals surface area contributed by atoms with Gasteiger partial charge in [-0.3, -0.25) is 9.69 Å². The number of fused-ring (bicyclic) bond motifs is 1. The Morgan fingerprint density at radius 3 is 2.39 bits per heavy atom. The summed E-state index contributed by atoms with van der Waals surface area (Å²) in [4.78, 5) is 16.3. The van der Waals surface area contributed by atoms with E-state index in [2.05, 4.69) is 23.6 Å². The number of carbonyl (C=O) groups excluding carboxylic acids is 1. The molecule has 0 aromatic heterocycles. The summed E-state index contributed by atoms with van der Waals surface area (Å²) in [5, 5.41) is 0. The number of hydrogen-bond donors (Lipinski definition) is 1. The topological polar surface area (TPSA) is 49.6 Å². The molecule has 156 valence electrons. The van der Waals surface area contributed by atoms with Gasteiger partial charge in [-0.2, -0.15) is 13.2 Å². The number of nitrogens with zero attached hydrogens (tertiary/aromatic N) is 2. The van der Waals surface area contributed by atoms with Crippen LogP contribution in [0.25, 0.3) is 0 Å². The molecule has 0 unspecified atom stereocenters. The molecule has 1 amide bonds. The van der Waals surface area contributed by atoms with Crippen molar-refractivity contribution in [3.63, 3.8) is 0 Å². The summed E-state index contributed by atoms with van der Waals surface area (Å²) in [6.45, 7) is 5.83. The van der Waals surface area contributed by atoms with E-state index in [4.69, 9.17) is 5.73 Å². The quantitative estimate of drug-likeness (QED) is 0.795. The van der Waals surface area contributed by atoms with E-state index in [9.17, 15) is 18.0 Å². The highest BCUT2D eigenvalue weighted by Gasteiger charge is 2.46. The molecule has 1 aromatic rings. The second kappa shape index (κ2) is 7.93. The number of halogens is 3. The molecule has 0 bridgehead atoms. The van der Waals surface area contributed by atoms with E-state index >= 15 is 0 Å². The van der Waals surface area contributed by atoms with Gasteiger partial charge in [0, 0.05) is 24.8 Å². The normalized spacial score (nSPS) is 26.1. The molecule has 1 aliphatic heterocycles. The maximum Gasteiger partial charge on any atom is 0.416 e. The summed E-state index contributed by atoms with van der Waals surface area (Å²) >= 11 is 0. The first kappa shape index (κ1) is 21.0. The number of likely N-dealkylation sites (N-methyl/N-ethyl adjacent to an activating group) is 1. The van der Waals surface area contributed by atoms with Crippen molar-refractivity contribution in [1.29, 1.82) is 0 Å². The van der Waals surface area contributed by atoms with Crippen molar-refractivity contribution in [3.05, 3.63) is 29.8 Å². The van der Waals surface area contributed by atoms with Crippen LogP contribution in [0.4, 0.5) is 18.9 Å². The molecule has 2 fully saturated rings. The van der Waals surface area contributed by atoms with E-state index in [-0.39, 0.29) is 18.0 Å². The van der Waals surface area contributed by atoms with Crippen molar-refractivity contribution in [3.8, 4) is 0 Å². The van der Waals surface area contributed by atoms with Gasteiger partial charge in [0.15, 0.2) is 0 Å². The second-order valence-electron chi connectivity index (χ2n) is 8.73. The lowest BCUT2D eigenvalue weighted by Crippen LogP contribution is -2.50. The maximum absolute atomic E-state index is 12.8. The van der Waals surface area contributed by atoms with Crippen LogP contribution in [0.5, 0.6) is 0 Å². The largest absolute Gasteiger partial charge is 0.416 e. The Hall–Kier alpha value is -1.76. The highest BCUT2D eigenvalue weighted by Crippen LogP contribution is 2.43. The molecule has 4 atom stereocenters. The SMILES string of the molecule is CC(C)C[C@@H](C(N)=O)N(C)[C@@H]1CC[C@H]2CN(c3ccc(C(F)(F)F)cc3)C[C@H]21. The molecular weight excluding hydrogens is 367 g/mol. The van der Waals surface area contributed by atoms with Crippen LogP contribution in [-0.4, -0.2) is 43.0 Å². The number of amides is 1. The number of alkyl halides is 3. The number of carbonyl (C=O) groups is 1. The molecule has 1 aliphatic carbocycles. The molecule has 1 saturated heterocycles. The van der Waals surface area contributed by atoms with Crippen molar-refractivity contribution >= 4 is 11.6 Å². The first-order valence-corrected chi connectivity index (χ1v) is 10.0. The molecule has 2 N–H and O–H groups in total. The zero-order valence-corrected chi connectivity index (χ0v) is 16.7. The third-order valence-corrected chi connectivity index (χ3v) is 6.42. The van der Waals surface area contributed by atoms with Gasteiger partial charge in [0.05, 0.1) is 11.6 Å². The molecule has 2 aliphatic rings. The van der Waals surface area contributed by atoms with Gasteiger partial charge in [-0.15, -0.1) is 0 Å². The standard InChI is InChI=1S/C21H30F3N3O/c1-13(2)10-19(20(25)28)26(3)18-9-4-14-11-27(12-17(14)18)16-7-5-15(6-8-16)21(22,23)24/h5-8,13-14,17-19H,4,9-12H2,1-3H3,(H2,25,28)/t14-,17+,18+,19-/m0/s1. The summed E-state index contributed by atoms with van der Waals surface area (Å²) in [5.74, 6) is 1.00. The van der Waals surface area contributed by atoms with E-state index < -0.39 is 11.7 Å². The smallest absolute Gasteiger partial charge is 0.371 e. The predicted molar refractivity (Wildman–Crippen MR) is 104 cm³/mol. The second-order valence-corrected chi connectivity index (χ2v) is 8.73. The van der Waals surface area contributed by atoms with Crippen LogP contribution < -0.4 is 10.6 Å². The van der Waals surface area contributed by atoms with Crippen LogP contribution in [0.1, 0.15) is 38.7 Å². The van der Waals surface area contributed by atoms with Crippen LogP contribution in [0, 0.1) is 17.8 Å². The van der Waals surface area contributed by atoms with Crippen molar-refractivity contribution in [2.24, 2.45) is 23.5 Å². The highest BCUT2D eigenvalue weighted by molar-refractivity contribution is 5.79. The lowest BCUT2D eigenvalue weighted by Gasteiger charge is -2.35. The molecule has 7 heteroatoms. The minimum atomic E-state index is -4.31. The van der Waals surface area contributed by atoms with E-state index in [1.807, 2.05) is 7.05 Å². The minimum Gasteiger partial charge on any atom is -0.371 e. The highest BCUT2D eigenvalue weighted by atomic mass is 19.4. The number of benzene rings is 1. The molecule has 1 saturated carbocycles. The average molecular weight is 397 g/mol. The van der Waals surface area contributed by atoms with Gasteiger partial charge in [0.2, 0.25) is 5.91 Å². The first-order chi connectivity index (χ1) is 13.1. The van der Waals surface area contributed by atoms with Crippen LogP contribution in [0.3, 0.4) is 0 Å². The Balaban J connectivity index is 1.70. The Morgan fingerprint density at radius 2 is 1.86 bits per heavy atom. The summed E-state index contributed by atoms with van der Waals surface area (Å²) in [5.41, 5.74) is 5.89. The van der Waals surface area contributed by atoms with Crippen molar-refractivity contribution in [2.45, 2.75) is 51.4 Å². The van der Waals surface area contributed by atoms with Gasteiger partial charge in [-0.25, -0.2) is 0 Å². The molecule has 3 rings (SSSR count). The van der Waals surface area contributed by atoms with E-state index in [1.54, 1.807) is 12.1 Å². The molecule has 28 heavy (non-hydrogen) atoms. The fraction of sp³-hybridized carbons (Fsp3) is 0.667. The number of hydrogen-bond acceptors (Lipinski definition) is 3. The Kier molecular flexibility index (Phi) is 5.94. The van der Waals surface area contributed by atoms with Crippen LogP contribution in [-0.2, 0) is 11.0 Å². The van der Waals surface area contributed by atoms with Crippen molar-refractivity contribution in [1.82, 2.24) is 4.90 Å². The van der Waals surface area contributed by atoms with Gasteiger partial charge in [0.1, 0.15) is 0 Å². The third-order valence-electron chi connectivity index (χ3n) is 6.42. The number of rotatable bonds is 6. The maximum atomic E-state index is 12.8. The number of anilines is 1. The van der Waals surface area contributed by atoms with Gasteiger partial charge >= 0.3 is 6.18 Å². The molecule has 0 radical (unpaired) electrons. The van der Waals surface area contributed by atoms with Gasteiger partial charge in [0.25, 0.3) is 0 Å². The molecule has 0 spiro atoms. The average Bonchev–Trinajstić information content (AvgIpc) is 3.18. The van der Waals surface area contributed by atoms with Crippen LogP contribution in [0.2, 0.25) is 0 Å². The van der Waals surface area contributed by atoms with Gasteiger partial charge in [-0.05, 0) is 68.3 Å². The lowest BCUT2D eigenvalue weighted by atomic mass is 9.94. The monoisotopic (exact) mass is 397 g/mol. The zero-order valence-electron chi connectivity index (χ0n) is 16.7. The van der Waals surface area contributed by atoms with Gasteiger partial charge < -0.3 is 10.6 Å². The Morgan fingerprint density at radius 1 is 1.21 bits per heavy atom. The number of primary amides is 1. The summed E-state index contributed by atoms with van der Waals surface area (Å²) in [6, 6.07) is 5.43. The van der Waals surface area contributed by atoms with E-state index in [1.165, 1.54) is 0 Å².